The maximum Gasteiger partial charge on any atom is 0.410 e. The molecule has 1 saturated heterocycles. The Hall–Kier alpha value is -2.44. The summed E-state index contributed by atoms with van der Waals surface area (Å²) in [5.41, 5.74) is -1.94. The van der Waals surface area contributed by atoms with Crippen LogP contribution in [0.5, 0.6) is 0 Å². The number of alkyl halides is 1. The van der Waals surface area contributed by atoms with Gasteiger partial charge >= 0.3 is 12.1 Å². The van der Waals surface area contributed by atoms with E-state index < -0.39 is 29.1 Å². The fraction of sp³-hybridized carbons (Fsp3) is 0.524. The van der Waals surface area contributed by atoms with Crippen molar-refractivity contribution in [1.29, 1.82) is 0 Å². The van der Waals surface area contributed by atoms with Gasteiger partial charge in [0.15, 0.2) is 0 Å². The van der Waals surface area contributed by atoms with Crippen LogP contribution in [0, 0.1) is 5.82 Å². The number of amides is 1. The molecule has 0 saturated carbocycles. The van der Waals surface area contributed by atoms with Crippen molar-refractivity contribution in [2.45, 2.75) is 51.8 Å². The standard InChI is InChI=1S/C21H27F2NO4/c1-5-27-18(25)14-17(15-6-8-16(22)9-7-15)21(23)10-12-24(13-11-21)19(26)28-20(2,3)4/h6-9,14H,5,10-13H2,1-4H3/b17-14-. The second-order valence-corrected chi connectivity index (χ2v) is 7.75. The highest BCUT2D eigenvalue weighted by Gasteiger charge is 2.41. The largest absolute Gasteiger partial charge is 0.463 e. The lowest BCUT2D eigenvalue weighted by atomic mass is 9.82. The molecular formula is C21H27F2NO4. The molecule has 0 radical (unpaired) electrons. The van der Waals surface area contributed by atoms with Crippen molar-refractivity contribution in [3.63, 3.8) is 0 Å². The predicted molar refractivity (Wildman–Crippen MR) is 102 cm³/mol. The molecule has 0 aliphatic carbocycles. The van der Waals surface area contributed by atoms with E-state index in [1.807, 2.05) is 0 Å². The van der Waals surface area contributed by atoms with Crippen molar-refractivity contribution < 1.29 is 27.8 Å². The Morgan fingerprint density at radius 3 is 2.25 bits per heavy atom. The number of ether oxygens (including phenoxy) is 2. The topological polar surface area (TPSA) is 55.8 Å². The summed E-state index contributed by atoms with van der Waals surface area (Å²) >= 11 is 0. The van der Waals surface area contributed by atoms with Crippen molar-refractivity contribution in [2.75, 3.05) is 19.7 Å². The first-order valence-corrected chi connectivity index (χ1v) is 9.36. The van der Waals surface area contributed by atoms with E-state index in [0.717, 1.165) is 6.08 Å². The number of carbonyl (C=O) groups excluding carboxylic acids is 2. The number of piperidine rings is 1. The minimum absolute atomic E-state index is 0.00510. The summed E-state index contributed by atoms with van der Waals surface area (Å²) in [7, 11) is 0. The number of nitrogens with zero attached hydrogens (tertiary/aromatic N) is 1. The van der Waals surface area contributed by atoms with Crippen LogP contribution in [-0.4, -0.2) is 47.9 Å². The van der Waals surface area contributed by atoms with Crippen LogP contribution in [0.3, 0.4) is 0 Å². The number of halogens is 2. The molecule has 0 spiro atoms. The van der Waals surface area contributed by atoms with Gasteiger partial charge in [0.2, 0.25) is 0 Å². The molecule has 0 N–H and O–H groups in total. The van der Waals surface area contributed by atoms with Gasteiger partial charge in [0.1, 0.15) is 17.1 Å². The first-order valence-electron chi connectivity index (χ1n) is 9.36. The molecule has 1 aromatic rings. The van der Waals surface area contributed by atoms with Crippen molar-refractivity contribution in [3.8, 4) is 0 Å². The van der Waals surface area contributed by atoms with Gasteiger partial charge in [-0.15, -0.1) is 0 Å². The van der Waals surface area contributed by atoms with Crippen LogP contribution in [-0.2, 0) is 14.3 Å². The Morgan fingerprint density at radius 1 is 1.18 bits per heavy atom. The lowest BCUT2D eigenvalue weighted by molar-refractivity contribution is -0.137. The van der Waals surface area contributed by atoms with Crippen molar-refractivity contribution in [3.05, 3.63) is 41.7 Å². The van der Waals surface area contributed by atoms with Gasteiger partial charge in [-0.25, -0.2) is 18.4 Å². The molecule has 5 nitrogen and oxygen atoms in total. The molecule has 1 aliphatic rings. The number of allylic oxidation sites excluding steroid dienone is 1. The lowest BCUT2D eigenvalue weighted by Crippen LogP contribution is -2.46. The molecule has 2 rings (SSSR count). The predicted octanol–water partition coefficient (Wildman–Crippen LogP) is 4.51. The molecule has 0 aromatic heterocycles. The first-order chi connectivity index (χ1) is 13.0. The maximum absolute atomic E-state index is 15.8. The van der Waals surface area contributed by atoms with Gasteiger partial charge in [-0.3, -0.25) is 0 Å². The van der Waals surface area contributed by atoms with E-state index in [-0.39, 0.29) is 38.1 Å². The second-order valence-electron chi connectivity index (χ2n) is 7.75. The van der Waals surface area contributed by atoms with Gasteiger partial charge in [0.05, 0.1) is 6.61 Å². The highest BCUT2D eigenvalue weighted by molar-refractivity contribution is 5.93. The molecule has 0 unspecified atom stereocenters. The Bertz CT molecular complexity index is 730. The summed E-state index contributed by atoms with van der Waals surface area (Å²) in [6.07, 6.45) is 0.621. The molecule has 1 aromatic carbocycles. The Labute approximate surface area is 164 Å². The summed E-state index contributed by atoms with van der Waals surface area (Å²) in [4.78, 5) is 25.7. The fourth-order valence-corrected chi connectivity index (χ4v) is 3.04. The highest BCUT2D eigenvalue weighted by atomic mass is 19.1. The number of benzene rings is 1. The molecule has 7 heteroatoms. The highest BCUT2D eigenvalue weighted by Crippen LogP contribution is 2.40. The molecule has 0 atom stereocenters. The molecule has 1 heterocycles. The van der Waals surface area contributed by atoms with Crippen LogP contribution in [0.1, 0.15) is 46.1 Å². The van der Waals surface area contributed by atoms with Crippen LogP contribution in [0.25, 0.3) is 5.57 Å². The zero-order valence-corrected chi connectivity index (χ0v) is 16.8. The lowest BCUT2D eigenvalue weighted by Gasteiger charge is -2.38. The summed E-state index contributed by atoms with van der Waals surface area (Å²) in [5.74, 6) is -1.11. The van der Waals surface area contributed by atoms with E-state index in [1.54, 1.807) is 27.7 Å². The van der Waals surface area contributed by atoms with Gasteiger partial charge < -0.3 is 14.4 Å². The third kappa shape index (κ3) is 5.78. The van der Waals surface area contributed by atoms with E-state index in [1.165, 1.54) is 29.2 Å². The van der Waals surface area contributed by atoms with E-state index in [0.29, 0.717) is 5.56 Å². The zero-order valence-electron chi connectivity index (χ0n) is 16.8. The third-order valence-electron chi connectivity index (χ3n) is 4.39. The SMILES string of the molecule is CCOC(=O)/C=C(/c1ccc(F)cc1)C1(F)CCN(C(=O)OC(C)(C)C)CC1. The van der Waals surface area contributed by atoms with Crippen molar-refractivity contribution in [1.82, 2.24) is 4.90 Å². The van der Waals surface area contributed by atoms with Gasteiger partial charge in [-0.05, 0) is 45.4 Å². The van der Waals surface area contributed by atoms with Gasteiger partial charge in [0, 0.05) is 37.6 Å². The van der Waals surface area contributed by atoms with Crippen LogP contribution in [0.15, 0.2) is 30.3 Å². The van der Waals surface area contributed by atoms with E-state index >= 15 is 4.39 Å². The minimum atomic E-state index is -1.84. The average Bonchev–Trinajstić information content (AvgIpc) is 2.60. The molecule has 154 valence electrons. The van der Waals surface area contributed by atoms with E-state index in [2.05, 4.69) is 0 Å². The number of hydrogen-bond acceptors (Lipinski definition) is 4. The van der Waals surface area contributed by atoms with Crippen molar-refractivity contribution in [2.24, 2.45) is 0 Å². The smallest absolute Gasteiger partial charge is 0.410 e. The minimum Gasteiger partial charge on any atom is -0.463 e. The number of rotatable bonds is 4. The number of esters is 1. The molecule has 1 aliphatic heterocycles. The van der Waals surface area contributed by atoms with Gasteiger partial charge in [0.25, 0.3) is 0 Å². The average molecular weight is 395 g/mol. The fourth-order valence-electron chi connectivity index (χ4n) is 3.04. The summed E-state index contributed by atoms with van der Waals surface area (Å²) in [6.45, 7) is 7.42. The molecule has 0 bridgehead atoms. The normalized spacial score (nSPS) is 17.2. The monoisotopic (exact) mass is 395 g/mol. The molecule has 1 amide bonds. The second kappa shape index (κ2) is 8.71. The number of carbonyl (C=O) groups is 2. The van der Waals surface area contributed by atoms with Gasteiger partial charge in [-0.1, -0.05) is 12.1 Å². The third-order valence-corrected chi connectivity index (χ3v) is 4.39. The summed E-state index contributed by atoms with van der Waals surface area (Å²) in [5, 5.41) is 0. The molecule has 28 heavy (non-hydrogen) atoms. The van der Waals surface area contributed by atoms with Crippen LogP contribution < -0.4 is 0 Å². The van der Waals surface area contributed by atoms with Crippen LogP contribution >= 0.6 is 0 Å². The maximum atomic E-state index is 15.8. The Morgan fingerprint density at radius 2 is 1.75 bits per heavy atom. The van der Waals surface area contributed by atoms with Crippen LogP contribution in [0.4, 0.5) is 13.6 Å². The zero-order chi connectivity index (χ0) is 20.9. The van der Waals surface area contributed by atoms with Crippen molar-refractivity contribution >= 4 is 17.6 Å². The summed E-state index contributed by atoms with van der Waals surface area (Å²) < 4.78 is 39.4. The molecular weight excluding hydrogens is 368 g/mol. The van der Waals surface area contributed by atoms with Crippen LogP contribution in [0.2, 0.25) is 0 Å². The Balaban J connectivity index is 2.23. The van der Waals surface area contributed by atoms with Gasteiger partial charge in [-0.2, -0.15) is 0 Å². The number of hydrogen-bond donors (Lipinski definition) is 0. The molecule has 1 fully saturated rings. The Kier molecular flexibility index (Phi) is 6.80. The number of likely N-dealkylation sites (tertiary alicyclic amines) is 1. The van der Waals surface area contributed by atoms with E-state index in [4.69, 9.17) is 9.47 Å². The quantitative estimate of drug-likeness (QED) is 0.556. The first kappa shape index (κ1) is 21.9. The van der Waals surface area contributed by atoms with E-state index in [9.17, 15) is 14.0 Å². The summed E-state index contributed by atoms with van der Waals surface area (Å²) in [6, 6.07) is 5.30.